The molecule has 0 bridgehead atoms. The summed E-state index contributed by atoms with van der Waals surface area (Å²) in [5.74, 6) is 1.39. The van der Waals surface area contributed by atoms with E-state index < -0.39 is 0 Å². The van der Waals surface area contributed by atoms with Crippen molar-refractivity contribution in [2.45, 2.75) is 19.8 Å². The number of ether oxygens (including phenoxy) is 1. The van der Waals surface area contributed by atoms with Gasteiger partial charge in [-0.3, -0.25) is 0 Å². The molecule has 0 heterocycles. The molecule has 0 aromatic rings. The summed E-state index contributed by atoms with van der Waals surface area (Å²) in [6, 6.07) is 0. The van der Waals surface area contributed by atoms with Gasteiger partial charge in [-0.1, -0.05) is 19.2 Å². The van der Waals surface area contributed by atoms with Crippen molar-refractivity contribution in [1.29, 1.82) is 0 Å². The second-order valence-electron chi connectivity index (χ2n) is 3.13. The van der Waals surface area contributed by atoms with Crippen molar-refractivity contribution in [2.24, 2.45) is 5.73 Å². The van der Waals surface area contributed by atoms with Crippen LogP contribution in [0.2, 0.25) is 0 Å². The summed E-state index contributed by atoms with van der Waals surface area (Å²) in [6.45, 7) is 9.35. The first-order valence-corrected chi connectivity index (χ1v) is 4.29. The Morgan fingerprint density at radius 1 is 1.54 bits per heavy atom. The summed E-state index contributed by atoms with van der Waals surface area (Å²) in [7, 11) is 0. The van der Waals surface area contributed by atoms with Gasteiger partial charge in [0, 0.05) is 6.42 Å². The lowest BCUT2D eigenvalue weighted by molar-refractivity contribution is 0.296. The summed E-state index contributed by atoms with van der Waals surface area (Å²) in [6.07, 6.45) is 5.71. The van der Waals surface area contributed by atoms with Crippen LogP contribution in [0.1, 0.15) is 19.8 Å². The molecule has 0 saturated carbocycles. The van der Waals surface area contributed by atoms with Gasteiger partial charge >= 0.3 is 0 Å². The zero-order valence-corrected chi connectivity index (χ0v) is 7.97. The molecule has 1 rings (SSSR count). The van der Waals surface area contributed by atoms with E-state index in [2.05, 4.69) is 13.2 Å². The molecule has 0 spiro atoms. The van der Waals surface area contributed by atoms with Gasteiger partial charge in [0.25, 0.3) is 0 Å². The minimum absolute atomic E-state index is 0.591. The minimum Gasteiger partial charge on any atom is -0.460 e. The minimum atomic E-state index is 0.591. The van der Waals surface area contributed by atoms with E-state index in [1.54, 1.807) is 0 Å². The molecule has 0 saturated heterocycles. The zero-order chi connectivity index (χ0) is 9.84. The highest BCUT2D eigenvalue weighted by Crippen LogP contribution is 2.21. The Morgan fingerprint density at radius 2 is 2.23 bits per heavy atom. The van der Waals surface area contributed by atoms with Crippen LogP contribution in [-0.2, 0) is 4.74 Å². The van der Waals surface area contributed by atoms with Crippen LogP contribution in [0.4, 0.5) is 0 Å². The molecule has 0 fully saturated rings. The van der Waals surface area contributed by atoms with Gasteiger partial charge in [0.15, 0.2) is 0 Å². The molecule has 0 amide bonds. The van der Waals surface area contributed by atoms with Gasteiger partial charge in [-0.15, -0.1) is 0 Å². The molecule has 13 heavy (non-hydrogen) atoms. The van der Waals surface area contributed by atoms with E-state index >= 15 is 0 Å². The first-order valence-electron chi connectivity index (χ1n) is 4.29. The molecular weight excluding hydrogens is 162 g/mol. The van der Waals surface area contributed by atoms with Gasteiger partial charge in [0.2, 0.25) is 0 Å². The van der Waals surface area contributed by atoms with Crippen LogP contribution in [0, 0.1) is 0 Å². The molecular formula is C11H15NO. The van der Waals surface area contributed by atoms with E-state index in [0.29, 0.717) is 11.5 Å². The van der Waals surface area contributed by atoms with Crippen molar-refractivity contribution in [2.75, 3.05) is 0 Å². The highest BCUT2D eigenvalue weighted by Gasteiger charge is 2.08. The van der Waals surface area contributed by atoms with E-state index in [1.165, 1.54) is 0 Å². The fourth-order valence-corrected chi connectivity index (χ4v) is 1.01. The summed E-state index contributed by atoms with van der Waals surface area (Å²) in [4.78, 5) is 0. The third kappa shape index (κ3) is 2.51. The van der Waals surface area contributed by atoms with Crippen LogP contribution in [-0.4, -0.2) is 0 Å². The molecule has 0 unspecified atom stereocenters. The van der Waals surface area contributed by atoms with Gasteiger partial charge < -0.3 is 10.5 Å². The van der Waals surface area contributed by atoms with Gasteiger partial charge in [-0.05, 0) is 25.0 Å². The predicted octanol–water partition coefficient (Wildman–Crippen LogP) is 2.61. The van der Waals surface area contributed by atoms with Crippen LogP contribution >= 0.6 is 0 Å². The van der Waals surface area contributed by atoms with E-state index in [4.69, 9.17) is 10.5 Å². The summed E-state index contributed by atoms with van der Waals surface area (Å²) >= 11 is 0. The van der Waals surface area contributed by atoms with E-state index in [9.17, 15) is 0 Å². The SMILES string of the molecule is C=C(C)C(=C)OC1=C(N)C=CCC1. The van der Waals surface area contributed by atoms with Crippen LogP contribution in [0.3, 0.4) is 0 Å². The molecule has 0 aromatic carbocycles. The molecule has 0 atom stereocenters. The average molecular weight is 177 g/mol. The molecule has 0 aliphatic heterocycles. The lowest BCUT2D eigenvalue weighted by atomic mass is 10.1. The Hall–Kier alpha value is -1.44. The molecule has 2 nitrogen and oxygen atoms in total. The maximum absolute atomic E-state index is 5.72. The number of rotatable bonds is 3. The van der Waals surface area contributed by atoms with Crippen molar-refractivity contribution < 1.29 is 4.74 Å². The van der Waals surface area contributed by atoms with Gasteiger partial charge in [-0.2, -0.15) is 0 Å². The average Bonchev–Trinajstić information content (AvgIpc) is 2.08. The quantitative estimate of drug-likeness (QED) is 0.531. The Labute approximate surface area is 79.1 Å². The molecule has 0 aromatic heterocycles. The Bertz CT molecular complexity index is 297. The largest absolute Gasteiger partial charge is 0.460 e. The highest BCUT2D eigenvalue weighted by molar-refractivity contribution is 5.26. The smallest absolute Gasteiger partial charge is 0.127 e. The fourth-order valence-electron chi connectivity index (χ4n) is 1.01. The van der Waals surface area contributed by atoms with E-state index in [1.807, 2.05) is 19.1 Å². The van der Waals surface area contributed by atoms with Crippen LogP contribution < -0.4 is 5.73 Å². The predicted molar refractivity (Wildman–Crippen MR) is 54.6 cm³/mol. The first kappa shape index (κ1) is 9.65. The standard InChI is InChI=1S/C11H15NO/c1-8(2)9(3)13-11-7-5-4-6-10(11)12/h4,6H,1,3,5,7,12H2,2H3. The monoisotopic (exact) mass is 177 g/mol. The number of hydrogen-bond acceptors (Lipinski definition) is 2. The van der Waals surface area contributed by atoms with Crippen molar-refractivity contribution in [3.63, 3.8) is 0 Å². The first-order chi connectivity index (χ1) is 6.11. The van der Waals surface area contributed by atoms with E-state index in [-0.39, 0.29) is 0 Å². The Kier molecular flexibility index (Phi) is 2.96. The second kappa shape index (κ2) is 3.99. The van der Waals surface area contributed by atoms with Crippen LogP contribution in [0.5, 0.6) is 0 Å². The summed E-state index contributed by atoms with van der Waals surface area (Å²) < 4.78 is 5.47. The topological polar surface area (TPSA) is 35.2 Å². The van der Waals surface area contributed by atoms with Crippen LogP contribution in [0.15, 0.2) is 48.1 Å². The van der Waals surface area contributed by atoms with Gasteiger partial charge in [0.05, 0.1) is 5.70 Å². The highest BCUT2D eigenvalue weighted by atomic mass is 16.5. The molecule has 2 N–H and O–H groups in total. The molecule has 70 valence electrons. The zero-order valence-electron chi connectivity index (χ0n) is 7.97. The second-order valence-corrected chi connectivity index (χ2v) is 3.13. The lowest BCUT2D eigenvalue weighted by Crippen LogP contribution is -2.06. The number of allylic oxidation sites excluding steroid dienone is 4. The third-order valence-corrected chi connectivity index (χ3v) is 1.88. The van der Waals surface area contributed by atoms with Crippen molar-refractivity contribution in [3.8, 4) is 0 Å². The summed E-state index contributed by atoms with van der Waals surface area (Å²) in [5.41, 5.74) is 7.24. The van der Waals surface area contributed by atoms with E-state index in [0.717, 1.165) is 24.2 Å². The normalized spacial score (nSPS) is 15.8. The lowest BCUT2D eigenvalue weighted by Gasteiger charge is -2.15. The van der Waals surface area contributed by atoms with Crippen LogP contribution in [0.25, 0.3) is 0 Å². The third-order valence-electron chi connectivity index (χ3n) is 1.88. The van der Waals surface area contributed by atoms with Gasteiger partial charge in [0.1, 0.15) is 11.5 Å². The molecule has 1 aliphatic carbocycles. The maximum Gasteiger partial charge on any atom is 0.127 e. The van der Waals surface area contributed by atoms with Crippen molar-refractivity contribution in [3.05, 3.63) is 48.1 Å². The van der Waals surface area contributed by atoms with Gasteiger partial charge in [-0.25, -0.2) is 0 Å². The maximum atomic E-state index is 5.72. The number of hydrogen-bond donors (Lipinski definition) is 1. The molecule has 1 aliphatic rings. The summed E-state index contributed by atoms with van der Waals surface area (Å²) in [5, 5.41) is 0. The molecule has 0 radical (unpaired) electrons. The van der Waals surface area contributed by atoms with Crippen molar-refractivity contribution >= 4 is 0 Å². The fraction of sp³-hybridized carbons (Fsp3) is 0.273. The Morgan fingerprint density at radius 3 is 2.77 bits per heavy atom. The van der Waals surface area contributed by atoms with Crippen molar-refractivity contribution in [1.82, 2.24) is 0 Å². The Balaban J connectivity index is 2.68. The number of nitrogens with two attached hydrogens (primary N) is 1. The molecule has 2 heteroatoms.